The summed E-state index contributed by atoms with van der Waals surface area (Å²) in [5.41, 5.74) is 8.43. The van der Waals surface area contributed by atoms with Crippen LogP contribution in [0.3, 0.4) is 0 Å². The van der Waals surface area contributed by atoms with Gasteiger partial charge in [0.1, 0.15) is 11.5 Å². The molecule has 0 heterocycles. The van der Waals surface area contributed by atoms with E-state index in [4.69, 9.17) is 9.47 Å². The summed E-state index contributed by atoms with van der Waals surface area (Å²) in [5.74, 6) is 1.48. The number of nitrogens with one attached hydrogen (secondary N) is 1. The number of hydrogen-bond donors (Lipinski definition) is 1. The molecule has 0 saturated heterocycles. The fourth-order valence-electron chi connectivity index (χ4n) is 3.21. The van der Waals surface area contributed by atoms with Crippen molar-refractivity contribution in [2.24, 2.45) is 5.10 Å². The second-order valence-corrected chi connectivity index (χ2v) is 6.20. The Morgan fingerprint density at radius 3 is 1.82 bits per heavy atom. The van der Waals surface area contributed by atoms with E-state index in [1.165, 1.54) is 12.1 Å². The van der Waals surface area contributed by atoms with Gasteiger partial charge in [0.2, 0.25) is 0 Å². The highest BCUT2D eigenvalue weighted by atomic mass is 16.6. The van der Waals surface area contributed by atoms with Gasteiger partial charge in [-0.05, 0) is 59.7 Å². The minimum absolute atomic E-state index is 0.0317. The summed E-state index contributed by atoms with van der Waals surface area (Å²) < 4.78 is 10.7. The number of nitro groups is 1. The van der Waals surface area contributed by atoms with E-state index in [2.05, 4.69) is 10.5 Å². The van der Waals surface area contributed by atoms with Crippen LogP contribution in [0.25, 0.3) is 11.1 Å². The maximum Gasteiger partial charge on any atom is 0.269 e. The first kappa shape index (κ1) is 17.5. The Bertz CT molecular complexity index is 1040. The van der Waals surface area contributed by atoms with E-state index in [0.717, 1.165) is 39.5 Å². The summed E-state index contributed by atoms with van der Waals surface area (Å²) in [6, 6.07) is 17.8. The lowest BCUT2D eigenvalue weighted by Crippen LogP contribution is -2.03. The average molecular weight is 375 g/mol. The molecule has 0 radical (unpaired) electrons. The highest BCUT2D eigenvalue weighted by Gasteiger charge is 2.26. The summed E-state index contributed by atoms with van der Waals surface area (Å²) >= 11 is 0. The number of nitro benzene ring substituents is 1. The third-order valence-corrected chi connectivity index (χ3v) is 4.63. The predicted octanol–water partition coefficient (Wildman–Crippen LogP) is 4.46. The molecule has 4 rings (SSSR count). The second-order valence-electron chi connectivity index (χ2n) is 6.20. The standard InChI is InChI=1S/C21H17N3O4/c1-27-15-7-9-17-18-10-8-16(28-2)12-20(18)21(19(17)11-15)23-22-13-3-5-14(6-4-13)24(25)26/h3-12,22H,1-2H3. The fourth-order valence-corrected chi connectivity index (χ4v) is 3.21. The van der Waals surface area contributed by atoms with Crippen molar-refractivity contribution in [1.82, 2.24) is 0 Å². The Morgan fingerprint density at radius 1 is 0.821 bits per heavy atom. The van der Waals surface area contributed by atoms with Gasteiger partial charge in [-0.1, -0.05) is 0 Å². The Morgan fingerprint density at radius 2 is 1.36 bits per heavy atom. The van der Waals surface area contributed by atoms with Crippen LogP contribution in [0.2, 0.25) is 0 Å². The quantitative estimate of drug-likeness (QED) is 0.411. The predicted molar refractivity (Wildman–Crippen MR) is 107 cm³/mol. The molecule has 0 spiro atoms. The molecular formula is C21H17N3O4. The SMILES string of the molecule is COc1ccc2c(c1)C(=NNc1ccc([N+](=O)[O-])cc1)c1cc(OC)ccc1-2. The van der Waals surface area contributed by atoms with E-state index in [1.807, 2.05) is 36.4 Å². The van der Waals surface area contributed by atoms with Gasteiger partial charge in [-0.3, -0.25) is 15.5 Å². The van der Waals surface area contributed by atoms with Gasteiger partial charge in [-0.25, -0.2) is 0 Å². The van der Waals surface area contributed by atoms with E-state index < -0.39 is 4.92 Å². The first-order valence-corrected chi connectivity index (χ1v) is 8.56. The van der Waals surface area contributed by atoms with Crippen LogP contribution >= 0.6 is 0 Å². The summed E-state index contributed by atoms with van der Waals surface area (Å²) in [6.07, 6.45) is 0. The zero-order valence-electron chi connectivity index (χ0n) is 15.3. The van der Waals surface area contributed by atoms with Gasteiger partial charge in [0.05, 0.1) is 30.5 Å². The van der Waals surface area contributed by atoms with E-state index >= 15 is 0 Å². The molecular weight excluding hydrogens is 358 g/mol. The number of rotatable bonds is 5. The maximum absolute atomic E-state index is 10.8. The van der Waals surface area contributed by atoms with E-state index in [1.54, 1.807) is 26.4 Å². The molecule has 0 bridgehead atoms. The van der Waals surface area contributed by atoms with Crippen molar-refractivity contribution in [3.05, 3.63) is 81.9 Å². The minimum Gasteiger partial charge on any atom is -0.497 e. The number of ether oxygens (including phenoxy) is 2. The Kier molecular flexibility index (Phi) is 4.41. The first-order valence-electron chi connectivity index (χ1n) is 8.56. The number of methoxy groups -OCH3 is 2. The Labute approximate surface area is 161 Å². The molecule has 7 nitrogen and oxygen atoms in total. The summed E-state index contributed by atoms with van der Waals surface area (Å²) in [5, 5.41) is 15.4. The van der Waals surface area contributed by atoms with Crippen LogP contribution in [0.4, 0.5) is 11.4 Å². The number of hydrogen-bond acceptors (Lipinski definition) is 6. The zero-order valence-corrected chi connectivity index (χ0v) is 15.3. The van der Waals surface area contributed by atoms with Crippen LogP contribution in [0.5, 0.6) is 11.5 Å². The Balaban J connectivity index is 1.76. The van der Waals surface area contributed by atoms with Crippen molar-refractivity contribution in [2.75, 3.05) is 19.6 Å². The monoisotopic (exact) mass is 375 g/mol. The van der Waals surface area contributed by atoms with Crippen LogP contribution in [0.15, 0.2) is 65.8 Å². The molecule has 0 aromatic heterocycles. The van der Waals surface area contributed by atoms with Gasteiger partial charge in [-0.2, -0.15) is 5.10 Å². The molecule has 28 heavy (non-hydrogen) atoms. The van der Waals surface area contributed by atoms with Gasteiger partial charge in [-0.15, -0.1) is 0 Å². The van der Waals surface area contributed by atoms with E-state index in [-0.39, 0.29) is 5.69 Å². The van der Waals surface area contributed by atoms with E-state index in [0.29, 0.717) is 5.69 Å². The molecule has 7 heteroatoms. The number of anilines is 1. The fraction of sp³-hybridized carbons (Fsp3) is 0.0952. The lowest BCUT2D eigenvalue weighted by molar-refractivity contribution is -0.384. The van der Waals surface area contributed by atoms with Crippen LogP contribution in [-0.2, 0) is 0 Å². The van der Waals surface area contributed by atoms with Gasteiger partial charge in [0.15, 0.2) is 0 Å². The van der Waals surface area contributed by atoms with Crippen LogP contribution in [-0.4, -0.2) is 24.9 Å². The molecule has 3 aromatic carbocycles. The van der Waals surface area contributed by atoms with Crippen molar-refractivity contribution < 1.29 is 14.4 Å². The minimum atomic E-state index is -0.433. The van der Waals surface area contributed by atoms with Crippen LogP contribution < -0.4 is 14.9 Å². The molecule has 1 N–H and O–H groups in total. The van der Waals surface area contributed by atoms with Gasteiger partial charge < -0.3 is 9.47 Å². The van der Waals surface area contributed by atoms with Crippen molar-refractivity contribution in [3.63, 3.8) is 0 Å². The number of hydrazone groups is 1. The summed E-state index contributed by atoms with van der Waals surface area (Å²) in [6.45, 7) is 0. The lowest BCUT2D eigenvalue weighted by Gasteiger charge is -2.07. The maximum atomic E-state index is 10.8. The molecule has 1 aliphatic rings. The molecule has 0 fully saturated rings. The summed E-state index contributed by atoms with van der Waals surface area (Å²) in [4.78, 5) is 10.4. The molecule has 0 unspecified atom stereocenters. The highest BCUT2D eigenvalue weighted by Crippen LogP contribution is 2.40. The number of fused-ring (bicyclic) bond motifs is 3. The topological polar surface area (TPSA) is 86.0 Å². The third kappa shape index (κ3) is 3.03. The number of non-ortho nitro benzene ring substituents is 1. The largest absolute Gasteiger partial charge is 0.497 e. The van der Waals surface area contributed by atoms with Crippen LogP contribution in [0.1, 0.15) is 11.1 Å². The number of benzene rings is 3. The average Bonchev–Trinajstić information content (AvgIpc) is 3.04. The Hall–Kier alpha value is -3.87. The molecule has 1 aliphatic carbocycles. The first-order chi connectivity index (χ1) is 13.6. The lowest BCUT2D eigenvalue weighted by atomic mass is 10.1. The van der Waals surface area contributed by atoms with Crippen molar-refractivity contribution in [1.29, 1.82) is 0 Å². The molecule has 0 amide bonds. The third-order valence-electron chi connectivity index (χ3n) is 4.63. The normalized spacial score (nSPS) is 11.4. The number of nitrogens with zero attached hydrogens (tertiary/aromatic N) is 2. The molecule has 0 aliphatic heterocycles. The van der Waals surface area contributed by atoms with Crippen molar-refractivity contribution in [2.45, 2.75) is 0 Å². The highest BCUT2D eigenvalue weighted by molar-refractivity contribution is 6.25. The summed E-state index contributed by atoms with van der Waals surface area (Å²) in [7, 11) is 3.25. The molecule has 0 saturated carbocycles. The van der Waals surface area contributed by atoms with Crippen LogP contribution in [0, 0.1) is 10.1 Å². The van der Waals surface area contributed by atoms with Gasteiger partial charge in [0, 0.05) is 23.3 Å². The van der Waals surface area contributed by atoms with Gasteiger partial charge in [0.25, 0.3) is 5.69 Å². The molecule has 3 aromatic rings. The zero-order chi connectivity index (χ0) is 19.7. The van der Waals surface area contributed by atoms with Crippen molar-refractivity contribution in [3.8, 4) is 22.6 Å². The van der Waals surface area contributed by atoms with Crippen molar-refractivity contribution >= 4 is 17.1 Å². The molecule has 140 valence electrons. The van der Waals surface area contributed by atoms with E-state index in [9.17, 15) is 10.1 Å². The smallest absolute Gasteiger partial charge is 0.269 e. The second kappa shape index (κ2) is 7.03. The molecule has 0 atom stereocenters. The van der Waals surface area contributed by atoms with Gasteiger partial charge >= 0.3 is 0 Å².